The zero-order valence-corrected chi connectivity index (χ0v) is 6.56. The third-order valence-corrected chi connectivity index (χ3v) is 2.09. The van der Waals surface area contributed by atoms with Crippen LogP contribution in [0, 0.1) is 0 Å². The number of nitrogens with one attached hydrogen (secondary N) is 1. The number of hydrogen-bond donors (Lipinski definition) is 2. The van der Waals surface area contributed by atoms with Crippen LogP contribution in [-0.2, 0) is 11.1 Å². The van der Waals surface area contributed by atoms with Crippen molar-refractivity contribution in [1.29, 1.82) is 0 Å². The highest BCUT2D eigenvalue weighted by Crippen LogP contribution is 1.91. The second kappa shape index (κ2) is 4.02. The summed E-state index contributed by atoms with van der Waals surface area (Å²) in [6.45, 7) is 3.62. The van der Waals surface area contributed by atoms with E-state index in [9.17, 15) is 4.21 Å². The van der Waals surface area contributed by atoms with Crippen LogP contribution < -0.4 is 5.32 Å². The van der Waals surface area contributed by atoms with Crippen LogP contribution in [0.4, 0.5) is 0 Å². The fourth-order valence-corrected chi connectivity index (χ4v) is 1.57. The van der Waals surface area contributed by atoms with Crippen molar-refractivity contribution in [3.8, 4) is 0 Å². The first kappa shape index (κ1) is 8.13. The van der Waals surface area contributed by atoms with Gasteiger partial charge < -0.3 is 9.87 Å². The predicted molar refractivity (Wildman–Crippen MR) is 40.1 cm³/mol. The van der Waals surface area contributed by atoms with Crippen LogP contribution >= 0.6 is 0 Å². The van der Waals surface area contributed by atoms with Crippen LogP contribution in [-0.4, -0.2) is 45.7 Å². The van der Waals surface area contributed by atoms with E-state index in [1.54, 1.807) is 0 Å². The minimum absolute atomic E-state index is 0.293. The number of nitrogens with zero attached hydrogens (tertiary/aromatic N) is 1. The van der Waals surface area contributed by atoms with E-state index in [1.807, 2.05) is 4.90 Å². The smallest absolute Gasteiger partial charge is 0.167 e. The standard InChI is InChI=1S/C5H12N2O2S/c8-10(9)5-7-3-1-6-2-4-7/h6H,1-5H2,(H,8,9). The molecule has 4 nitrogen and oxygen atoms in total. The fraction of sp³-hybridized carbons (Fsp3) is 1.00. The van der Waals surface area contributed by atoms with Gasteiger partial charge in [-0.3, -0.25) is 4.90 Å². The van der Waals surface area contributed by atoms with Gasteiger partial charge in [-0.2, -0.15) is 0 Å². The number of piperazine rings is 1. The van der Waals surface area contributed by atoms with Crippen molar-refractivity contribution in [2.45, 2.75) is 0 Å². The Morgan fingerprint density at radius 2 is 2.10 bits per heavy atom. The van der Waals surface area contributed by atoms with E-state index in [4.69, 9.17) is 4.55 Å². The predicted octanol–water partition coefficient (Wildman–Crippen LogP) is -0.929. The van der Waals surface area contributed by atoms with Gasteiger partial charge in [-0.25, -0.2) is 4.21 Å². The molecule has 1 fully saturated rings. The summed E-state index contributed by atoms with van der Waals surface area (Å²) in [4.78, 5) is 1.98. The van der Waals surface area contributed by atoms with E-state index in [2.05, 4.69) is 5.32 Å². The topological polar surface area (TPSA) is 52.6 Å². The van der Waals surface area contributed by atoms with Gasteiger partial charge in [0.25, 0.3) is 0 Å². The first-order chi connectivity index (χ1) is 4.79. The molecule has 2 N–H and O–H groups in total. The van der Waals surface area contributed by atoms with Crippen LogP contribution in [0.15, 0.2) is 0 Å². The van der Waals surface area contributed by atoms with Crippen LogP contribution in [0.1, 0.15) is 0 Å². The molecule has 0 spiro atoms. The molecule has 1 unspecified atom stereocenters. The highest BCUT2D eigenvalue weighted by atomic mass is 32.2. The van der Waals surface area contributed by atoms with Gasteiger partial charge in [0, 0.05) is 26.2 Å². The Balaban J connectivity index is 2.19. The molecule has 1 heterocycles. The van der Waals surface area contributed by atoms with Crippen molar-refractivity contribution in [3.05, 3.63) is 0 Å². The minimum atomic E-state index is -1.66. The van der Waals surface area contributed by atoms with Crippen LogP contribution in [0.5, 0.6) is 0 Å². The van der Waals surface area contributed by atoms with Crippen LogP contribution in [0.3, 0.4) is 0 Å². The molecule has 0 radical (unpaired) electrons. The van der Waals surface area contributed by atoms with Crippen molar-refractivity contribution < 1.29 is 8.76 Å². The molecule has 0 aliphatic carbocycles. The van der Waals surface area contributed by atoms with Gasteiger partial charge in [-0.05, 0) is 0 Å². The van der Waals surface area contributed by atoms with Crippen molar-refractivity contribution in [3.63, 3.8) is 0 Å². The summed E-state index contributed by atoms with van der Waals surface area (Å²) < 4.78 is 18.8. The molecule has 5 heteroatoms. The summed E-state index contributed by atoms with van der Waals surface area (Å²) in [5.74, 6) is 0.293. The molecular formula is C5H12N2O2S. The Kier molecular flexibility index (Phi) is 3.27. The summed E-state index contributed by atoms with van der Waals surface area (Å²) in [6, 6.07) is 0. The maximum Gasteiger partial charge on any atom is 0.167 e. The van der Waals surface area contributed by atoms with Crippen LogP contribution in [0.2, 0.25) is 0 Å². The van der Waals surface area contributed by atoms with E-state index in [1.165, 1.54) is 0 Å². The highest BCUT2D eigenvalue weighted by molar-refractivity contribution is 7.79. The van der Waals surface area contributed by atoms with Gasteiger partial charge in [-0.1, -0.05) is 0 Å². The van der Waals surface area contributed by atoms with Crippen LogP contribution in [0.25, 0.3) is 0 Å². The van der Waals surface area contributed by atoms with Crippen molar-refractivity contribution in [2.75, 3.05) is 32.1 Å². The quantitative estimate of drug-likeness (QED) is 0.518. The van der Waals surface area contributed by atoms with E-state index in [-0.39, 0.29) is 0 Å². The van der Waals surface area contributed by atoms with E-state index in [0.717, 1.165) is 26.2 Å². The summed E-state index contributed by atoms with van der Waals surface area (Å²) in [5, 5.41) is 3.17. The van der Waals surface area contributed by atoms with E-state index in [0.29, 0.717) is 5.88 Å². The molecule has 0 saturated carbocycles. The third kappa shape index (κ3) is 2.74. The molecule has 10 heavy (non-hydrogen) atoms. The minimum Gasteiger partial charge on any atom is -0.314 e. The molecule has 1 aliphatic rings. The molecular weight excluding hydrogens is 152 g/mol. The summed E-state index contributed by atoms with van der Waals surface area (Å²) in [6.07, 6.45) is 0. The molecule has 1 rings (SSSR count). The second-order valence-corrected chi connectivity index (χ2v) is 3.22. The maximum atomic E-state index is 10.3. The van der Waals surface area contributed by atoms with Crippen molar-refractivity contribution in [2.24, 2.45) is 0 Å². The molecule has 1 atom stereocenters. The molecule has 60 valence electrons. The Morgan fingerprint density at radius 1 is 1.50 bits per heavy atom. The lowest BCUT2D eigenvalue weighted by molar-refractivity contribution is 0.273. The lowest BCUT2D eigenvalue weighted by atomic mass is 10.4. The highest BCUT2D eigenvalue weighted by Gasteiger charge is 2.10. The number of hydrogen-bond acceptors (Lipinski definition) is 3. The lowest BCUT2D eigenvalue weighted by Crippen LogP contribution is -2.44. The van der Waals surface area contributed by atoms with E-state index < -0.39 is 11.1 Å². The van der Waals surface area contributed by atoms with Crippen molar-refractivity contribution in [1.82, 2.24) is 10.2 Å². The van der Waals surface area contributed by atoms with Gasteiger partial charge in [-0.15, -0.1) is 0 Å². The Morgan fingerprint density at radius 3 is 2.60 bits per heavy atom. The second-order valence-electron chi connectivity index (χ2n) is 2.32. The Bertz CT molecular complexity index is 125. The van der Waals surface area contributed by atoms with E-state index >= 15 is 0 Å². The Hall–Kier alpha value is 0.0300. The Labute approximate surface area is 62.9 Å². The fourth-order valence-electron chi connectivity index (χ4n) is 0.996. The van der Waals surface area contributed by atoms with Gasteiger partial charge >= 0.3 is 0 Å². The molecule has 1 saturated heterocycles. The SMILES string of the molecule is O=S(O)CN1CCNCC1. The molecule has 0 amide bonds. The number of rotatable bonds is 2. The maximum absolute atomic E-state index is 10.3. The van der Waals surface area contributed by atoms with Gasteiger partial charge in [0.15, 0.2) is 11.1 Å². The normalized spacial score (nSPS) is 24.5. The summed E-state index contributed by atoms with van der Waals surface area (Å²) in [5.41, 5.74) is 0. The first-order valence-corrected chi connectivity index (χ1v) is 4.57. The largest absolute Gasteiger partial charge is 0.314 e. The lowest BCUT2D eigenvalue weighted by Gasteiger charge is -2.25. The summed E-state index contributed by atoms with van der Waals surface area (Å²) >= 11 is -1.66. The average molecular weight is 164 g/mol. The monoisotopic (exact) mass is 164 g/mol. The van der Waals surface area contributed by atoms with Crippen molar-refractivity contribution >= 4 is 11.1 Å². The van der Waals surface area contributed by atoms with Gasteiger partial charge in [0.05, 0.1) is 0 Å². The van der Waals surface area contributed by atoms with Gasteiger partial charge in [0.2, 0.25) is 0 Å². The molecule has 0 aromatic heterocycles. The molecule has 1 aliphatic heterocycles. The van der Waals surface area contributed by atoms with Gasteiger partial charge in [0.1, 0.15) is 5.88 Å². The average Bonchev–Trinajstić information content (AvgIpc) is 1.88. The molecule has 0 aromatic carbocycles. The summed E-state index contributed by atoms with van der Waals surface area (Å²) in [7, 11) is 0. The molecule has 0 bridgehead atoms. The third-order valence-electron chi connectivity index (χ3n) is 1.50. The zero-order chi connectivity index (χ0) is 7.40. The zero-order valence-electron chi connectivity index (χ0n) is 5.75. The first-order valence-electron chi connectivity index (χ1n) is 3.29. The molecule has 0 aromatic rings.